The first kappa shape index (κ1) is 30.7. The summed E-state index contributed by atoms with van der Waals surface area (Å²) in [5.41, 5.74) is 2.45. The first-order chi connectivity index (χ1) is 22.0. The summed E-state index contributed by atoms with van der Waals surface area (Å²) in [5.74, 6) is 2.37. The molecule has 5 aromatic rings. The number of benzene rings is 1. The van der Waals surface area contributed by atoms with Crippen molar-refractivity contribution in [1.29, 1.82) is 0 Å². The standard InChI is InChI=1S/C33H40N8O4S/c1-22-18-25-26(19-34-20-27(25)41(22)46(43,44)24-8-6-5-7-9-24)30-36-31-29(32(37-30)40-14-16-45-17-15-40)35-28(38(31)4)21-39-12-10-23(11-13-39)33(2,3)42/h5-9,18-20,23,42H,10-17,21H2,1-4H3. The molecule has 46 heavy (non-hydrogen) atoms. The van der Waals surface area contributed by atoms with Crippen LogP contribution in [-0.2, 0) is 28.4 Å². The molecule has 0 unspecified atom stereocenters. The van der Waals surface area contributed by atoms with E-state index < -0.39 is 15.6 Å². The highest BCUT2D eigenvalue weighted by atomic mass is 32.2. The van der Waals surface area contributed by atoms with Crippen LogP contribution in [-0.4, -0.2) is 91.9 Å². The van der Waals surface area contributed by atoms with Crippen molar-refractivity contribution in [3.05, 3.63) is 60.3 Å². The van der Waals surface area contributed by atoms with Gasteiger partial charge in [-0.2, -0.15) is 0 Å². The summed E-state index contributed by atoms with van der Waals surface area (Å²) >= 11 is 0. The number of pyridine rings is 1. The summed E-state index contributed by atoms with van der Waals surface area (Å²) in [4.78, 5) is 24.5. The highest BCUT2D eigenvalue weighted by Gasteiger charge is 2.32. The minimum atomic E-state index is -3.86. The third-order valence-corrected chi connectivity index (χ3v) is 11.3. The summed E-state index contributed by atoms with van der Waals surface area (Å²) < 4.78 is 36.5. The van der Waals surface area contributed by atoms with Gasteiger partial charge < -0.3 is 19.3 Å². The SMILES string of the molecule is Cc1cc2c(-c3nc(N4CCOCC4)c4nc(CN5CCC(C(C)(C)O)CC5)n(C)c4n3)cncc2n1S(=O)(=O)c1ccccc1. The van der Waals surface area contributed by atoms with E-state index in [-0.39, 0.29) is 10.8 Å². The van der Waals surface area contributed by atoms with Crippen LogP contribution < -0.4 is 4.90 Å². The van der Waals surface area contributed by atoms with Gasteiger partial charge in [-0.3, -0.25) is 9.88 Å². The molecule has 0 radical (unpaired) electrons. The van der Waals surface area contributed by atoms with Crippen LogP contribution >= 0.6 is 0 Å². The Hall–Kier alpha value is -3.91. The number of hydrogen-bond donors (Lipinski definition) is 1. The van der Waals surface area contributed by atoms with Crippen molar-refractivity contribution < 1.29 is 18.3 Å². The van der Waals surface area contributed by atoms with Crippen molar-refractivity contribution in [3.8, 4) is 11.4 Å². The van der Waals surface area contributed by atoms with Crippen molar-refractivity contribution in [1.82, 2.24) is 33.4 Å². The third kappa shape index (κ3) is 5.44. The van der Waals surface area contributed by atoms with E-state index in [1.807, 2.05) is 31.5 Å². The molecule has 4 aromatic heterocycles. The lowest BCUT2D eigenvalue weighted by Crippen LogP contribution is -2.41. The predicted molar refractivity (Wildman–Crippen MR) is 176 cm³/mol. The van der Waals surface area contributed by atoms with E-state index >= 15 is 0 Å². The van der Waals surface area contributed by atoms with E-state index in [0.717, 1.165) is 43.1 Å². The molecule has 0 bridgehead atoms. The highest BCUT2D eigenvalue weighted by molar-refractivity contribution is 7.90. The van der Waals surface area contributed by atoms with Gasteiger partial charge >= 0.3 is 0 Å². The minimum Gasteiger partial charge on any atom is -0.390 e. The van der Waals surface area contributed by atoms with Crippen molar-refractivity contribution in [3.63, 3.8) is 0 Å². The number of piperidine rings is 1. The van der Waals surface area contributed by atoms with Crippen molar-refractivity contribution in [2.45, 2.75) is 50.7 Å². The Labute approximate surface area is 268 Å². The number of likely N-dealkylation sites (tertiary alicyclic amines) is 1. The Kier molecular flexibility index (Phi) is 7.82. The summed E-state index contributed by atoms with van der Waals surface area (Å²) in [6, 6.07) is 10.3. The zero-order valence-electron chi connectivity index (χ0n) is 26.7. The molecule has 0 atom stereocenters. The maximum absolute atomic E-state index is 13.7. The zero-order chi connectivity index (χ0) is 32.2. The number of imidazole rings is 1. The Balaban J connectivity index is 1.32. The summed E-state index contributed by atoms with van der Waals surface area (Å²) in [5, 5.41) is 11.2. The van der Waals surface area contributed by atoms with Crippen LogP contribution in [0.1, 0.15) is 38.2 Å². The first-order valence-corrected chi connectivity index (χ1v) is 17.2. The lowest BCUT2D eigenvalue weighted by atomic mass is 9.83. The highest BCUT2D eigenvalue weighted by Crippen LogP contribution is 2.35. The molecule has 0 aliphatic carbocycles. The molecule has 7 rings (SSSR count). The van der Waals surface area contributed by atoms with Crippen LogP contribution in [0.15, 0.2) is 53.7 Å². The molecule has 1 aromatic carbocycles. The molecular formula is C33H40N8O4S. The largest absolute Gasteiger partial charge is 0.390 e. The first-order valence-electron chi connectivity index (χ1n) is 15.8. The van der Waals surface area contributed by atoms with Crippen LogP contribution in [0.2, 0.25) is 0 Å². The van der Waals surface area contributed by atoms with Crippen molar-refractivity contribution in [2.75, 3.05) is 44.3 Å². The second-order valence-electron chi connectivity index (χ2n) is 12.9. The number of aromatic nitrogens is 6. The lowest BCUT2D eigenvalue weighted by Gasteiger charge is -2.37. The number of nitrogens with zero attached hydrogens (tertiary/aromatic N) is 8. The molecule has 0 saturated carbocycles. The molecule has 2 saturated heterocycles. The van der Waals surface area contributed by atoms with E-state index in [9.17, 15) is 13.5 Å². The second kappa shape index (κ2) is 11.7. The van der Waals surface area contributed by atoms with E-state index in [2.05, 4.69) is 14.8 Å². The van der Waals surface area contributed by atoms with Gasteiger partial charge in [0.25, 0.3) is 10.0 Å². The fraction of sp³-hybridized carbons (Fsp3) is 0.455. The number of fused-ring (bicyclic) bond motifs is 2. The van der Waals surface area contributed by atoms with Crippen molar-refractivity contribution >= 4 is 37.9 Å². The number of hydrogen-bond acceptors (Lipinski definition) is 10. The van der Waals surface area contributed by atoms with E-state index in [4.69, 9.17) is 19.7 Å². The molecule has 2 fully saturated rings. The van der Waals surface area contributed by atoms with Crippen LogP contribution in [0, 0.1) is 12.8 Å². The van der Waals surface area contributed by atoms with E-state index in [0.29, 0.717) is 66.5 Å². The Morgan fingerprint density at radius 2 is 1.72 bits per heavy atom. The molecule has 0 amide bonds. The number of rotatable bonds is 7. The topological polar surface area (TPSA) is 132 Å². The Bertz CT molecular complexity index is 2000. The van der Waals surface area contributed by atoms with Gasteiger partial charge in [0.2, 0.25) is 0 Å². The van der Waals surface area contributed by atoms with Crippen LogP contribution in [0.5, 0.6) is 0 Å². The average Bonchev–Trinajstić information content (AvgIpc) is 3.57. The number of anilines is 1. The van der Waals surface area contributed by atoms with Crippen LogP contribution in [0.3, 0.4) is 0 Å². The van der Waals surface area contributed by atoms with Gasteiger partial charge in [-0.15, -0.1) is 0 Å². The average molecular weight is 645 g/mol. The van der Waals surface area contributed by atoms with Gasteiger partial charge in [0.05, 0.1) is 42.0 Å². The molecule has 2 aliphatic rings. The fourth-order valence-corrected chi connectivity index (χ4v) is 8.32. The monoisotopic (exact) mass is 644 g/mol. The second-order valence-corrected chi connectivity index (χ2v) is 14.7. The van der Waals surface area contributed by atoms with Gasteiger partial charge in [-0.1, -0.05) is 18.2 Å². The predicted octanol–water partition coefficient (Wildman–Crippen LogP) is 3.74. The van der Waals surface area contributed by atoms with Gasteiger partial charge in [-0.25, -0.2) is 27.3 Å². The summed E-state index contributed by atoms with van der Waals surface area (Å²) in [6.45, 7) is 10.6. The number of morpholine rings is 1. The molecule has 12 nitrogen and oxygen atoms in total. The lowest BCUT2D eigenvalue weighted by molar-refractivity contribution is -0.0139. The summed E-state index contributed by atoms with van der Waals surface area (Å²) in [7, 11) is -1.87. The molecular weight excluding hydrogens is 604 g/mol. The third-order valence-electron chi connectivity index (χ3n) is 9.44. The maximum atomic E-state index is 13.7. The Morgan fingerprint density at radius 3 is 2.41 bits per heavy atom. The number of aliphatic hydroxyl groups is 1. The van der Waals surface area contributed by atoms with Crippen LogP contribution in [0.4, 0.5) is 5.82 Å². The van der Waals surface area contributed by atoms with Gasteiger partial charge in [0.15, 0.2) is 22.8 Å². The van der Waals surface area contributed by atoms with Crippen LogP contribution in [0.25, 0.3) is 33.5 Å². The van der Waals surface area contributed by atoms with Crippen molar-refractivity contribution in [2.24, 2.45) is 13.0 Å². The normalized spacial score (nSPS) is 17.4. The number of aryl methyl sites for hydroxylation is 2. The molecule has 13 heteroatoms. The van der Waals surface area contributed by atoms with Gasteiger partial charge in [0.1, 0.15) is 5.82 Å². The van der Waals surface area contributed by atoms with Gasteiger partial charge in [-0.05, 0) is 70.8 Å². The molecule has 242 valence electrons. The van der Waals surface area contributed by atoms with E-state index in [1.165, 1.54) is 3.97 Å². The molecule has 0 spiro atoms. The smallest absolute Gasteiger partial charge is 0.268 e. The maximum Gasteiger partial charge on any atom is 0.268 e. The molecule has 6 heterocycles. The molecule has 1 N–H and O–H groups in total. The minimum absolute atomic E-state index is 0.208. The zero-order valence-corrected chi connectivity index (χ0v) is 27.5. The Morgan fingerprint density at radius 1 is 1.00 bits per heavy atom. The summed E-state index contributed by atoms with van der Waals surface area (Å²) in [6.07, 6.45) is 5.16. The quantitative estimate of drug-likeness (QED) is 0.280. The van der Waals surface area contributed by atoms with Gasteiger partial charge in [0, 0.05) is 43.0 Å². The molecule has 2 aliphatic heterocycles. The van der Waals surface area contributed by atoms with E-state index in [1.54, 1.807) is 49.6 Å². The fourth-order valence-electron chi connectivity index (χ4n) is 6.77. The number of ether oxygens (including phenoxy) is 1.